The maximum absolute atomic E-state index is 10.7. The molecule has 0 aliphatic heterocycles. The van der Waals surface area contributed by atoms with E-state index in [0.29, 0.717) is 23.1 Å². The summed E-state index contributed by atoms with van der Waals surface area (Å²) < 4.78 is 10.5. The highest BCUT2D eigenvalue weighted by molar-refractivity contribution is 6.30. The van der Waals surface area contributed by atoms with Crippen molar-refractivity contribution in [3.05, 3.63) is 22.7 Å². The predicted octanol–water partition coefficient (Wildman–Crippen LogP) is 0.932. The summed E-state index contributed by atoms with van der Waals surface area (Å²) in [7, 11) is 3.30. The number of hydrogen-bond acceptors (Lipinski definition) is 4. The van der Waals surface area contributed by atoms with Crippen molar-refractivity contribution >= 4 is 17.5 Å². The highest BCUT2D eigenvalue weighted by atomic mass is 35.5. The molecule has 94 valence electrons. The number of methoxy groups -OCH3 is 1. The zero-order chi connectivity index (χ0) is 12.8. The van der Waals surface area contributed by atoms with Gasteiger partial charge in [-0.25, -0.2) is 0 Å². The molecule has 3 N–H and O–H groups in total. The van der Waals surface area contributed by atoms with Gasteiger partial charge in [-0.05, 0) is 13.1 Å². The molecule has 0 aliphatic rings. The maximum Gasteiger partial charge on any atom is 0.255 e. The van der Waals surface area contributed by atoms with Gasteiger partial charge in [0.1, 0.15) is 0 Å². The van der Waals surface area contributed by atoms with E-state index in [2.05, 4.69) is 5.32 Å². The van der Waals surface area contributed by atoms with E-state index >= 15 is 0 Å². The van der Waals surface area contributed by atoms with Crippen molar-refractivity contribution in [3.8, 4) is 11.5 Å². The molecule has 0 saturated carbocycles. The third kappa shape index (κ3) is 3.80. The van der Waals surface area contributed by atoms with E-state index < -0.39 is 5.91 Å². The summed E-state index contributed by atoms with van der Waals surface area (Å²) in [4.78, 5) is 10.7. The van der Waals surface area contributed by atoms with E-state index in [1.165, 1.54) is 7.11 Å². The average molecular weight is 259 g/mol. The Hall–Kier alpha value is -1.46. The molecule has 1 aromatic carbocycles. The Kier molecular flexibility index (Phi) is 5.06. The predicted molar refractivity (Wildman–Crippen MR) is 65.5 cm³/mol. The Balaban J connectivity index is 3.07. The van der Waals surface area contributed by atoms with Crippen LogP contribution in [-0.4, -0.2) is 26.7 Å². The molecule has 1 rings (SSSR count). The fourth-order valence-electron chi connectivity index (χ4n) is 1.40. The number of nitrogens with two attached hydrogens (primary N) is 1. The summed E-state index contributed by atoms with van der Waals surface area (Å²) in [6.07, 6.45) is 0. The molecule has 0 aliphatic carbocycles. The van der Waals surface area contributed by atoms with Crippen LogP contribution in [0.1, 0.15) is 5.56 Å². The molecule has 5 nitrogen and oxygen atoms in total. The largest absolute Gasteiger partial charge is 0.493 e. The van der Waals surface area contributed by atoms with Gasteiger partial charge >= 0.3 is 0 Å². The lowest BCUT2D eigenvalue weighted by Gasteiger charge is -2.14. The van der Waals surface area contributed by atoms with Crippen LogP contribution in [0.25, 0.3) is 0 Å². The lowest BCUT2D eigenvalue weighted by molar-refractivity contribution is -0.119. The molecule has 0 heterocycles. The van der Waals surface area contributed by atoms with Crippen molar-refractivity contribution in [2.75, 3.05) is 20.8 Å². The Morgan fingerprint density at radius 2 is 2.24 bits per heavy atom. The second kappa shape index (κ2) is 6.32. The third-order valence-corrected chi connectivity index (χ3v) is 2.26. The molecule has 0 fully saturated rings. The van der Waals surface area contributed by atoms with Crippen molar-refractivity contribution in [3.63, 3.8) is 0 Å². The van der Waals surface area contributed by atoms with Gasteiger partial charge in [-0.15, -0.1) is 0 Å². The van der Waals surface area contributed by atoms with Crippen LogP contribution in [0.3, 0.4) is 0 Å². The minimum absolute atomic E-state index is 0.200. The van der Waals surface area contributed by atoms with Crippen LogP contribution in [-0.2, 0) is 11.3 Å². The first-order valence-electron chi connectivity index (χ1n) is 5.00. The highest BCUT2D eigenvalue weighted by Gasteiger charge is 2.13. The number of hydrogen-bond donors (Lipinski definition) is 2. The lowest BCUT2D eigenvalue weighted by atomic mass is 10.2. The summed E-state index contributed by atoms with van der Waals surface area (Å²) >= 11 is 5.94. The normalized spacial score (nSPS) is 10.1. The molecule has 6 heteroatoms. The molecule has 0 unspecified atom stereocenters. The summed E-state index contributed by atoms with van der Waals surface area (Å²) in [5.41, 5.74) is 5.84. The van der Waals surface area contributed by atoms with E-state index in [1.807, 2.05) is 0 Å². The lowest BCUT2D eigenvalue weighted by Crippen LogP contribution is -2.21. The van der Waals surface area contributed by atoms with Crippen molar-refractivity contribution in [2.45, 2.75) is 6.54 Å². The van der Waals surface area contributed by atoms with Crippen molar-refractivity contribution in [1.29, 1.82) is 0 Å². The summed E-state index contributed by atoms with van der Waals surface area (Å²) in [5.74, 6) is 0.409. The first-order valence-corrected chi connectivity index (χ1v) is 5.38. The standard InChI is InChI=1S/C11H15ClN2O3/c1-14-5-7-3-8(12)4-9(16-2)11(7)17-6-10(13)15/h3-4,14H,5-6H2,1-2H3,(H2,13,15). The number of carbonyl (C=O) groups is 1. The van der Waals surface area contributed by atoms with Crippen LogP contribution in [0.15, 0.2) is 12.1 Å². The monoisotopic (exact) mass is 258 g/mol. The molecule has 0 saturated heterocycles. The number of benzene rings is 1. The average Bonchev–Trinajstić information content (AvgIpc) is 2.27. The quantitative estimate of drug-likeness (QED) is 0.796. The molecule has 1 aromatic rings. The number of carbonyl (C=O) groups excluding carboxylic acids is 1. The summed E-state index contributed by atoms with van der Waals surface area (Å²) in [6.45, 7) is 0.347. The number of primary amides is 1. The number of halogens is 1. The van der Waals surface area contributed by atoms with Gasteiger partial charge in [0.05, 0.1) is 7.11 Å². The summed E-state index contributed by atoms with van der Waals surface area (Å²) in [5, 5.41) is 3.52. The van der Waals surface area contributed by atoms with Gasteiger partial charge in [-0.2, -0.15) is 0 Å². The Labute approximate surface area is 105 Å². The van der Waals surface area contributed by atoms with Crippen LogP contribution in [0.4, 0.5) is 0 Å². The summed E-state index contributed by atoms with van der Waals surface area (Å²) in [6, 6.07) is 3.37. The smallest absolute Gasteiger partial charge is 0.255 e. The molecule has 0 aromatic heterocycles. The topological polar surface area (TPSA) is 73.6 Å². The van der Waals surface area contributed by atoms with Crippen LogP contribution < -0.4 is 20.5 Å². The van der Waals surface area contributed by atoms with Crippen LogP contribution in [0.2, 0.25) is 5.02 Å². The molecular formula is C11H15ClN2O3. The Morgan fingerprint density at radius 1 is 1.53 bits per heavy atom. The molecule has 17 heavy (non-hydrogen) atoms. The van der Waals surface area contributed by atoms with Crippen LogP contribution in [0.5, 0.6) is 11.5 Å². The minimum atomic E-state index is -0.544. The molecule has 0 spiro atoms. The number of ether oxygens (including phenoxy) is 2. The molecule has 0 radical (unpaired) electrons. The van der Waals surface area contributed by atoms with Gasteiger partial charge < -0.3 is 20.5 Å². The van der Waals surface area contributed by atoms with Gasteiger partial charge in [0.2, 0.25) is 0 Å². The SMILES string of the molecule is CNCc1cc(Cl)cc(OC)c1OCC(N)=O. The second-order valence-corrected chi connectivity index (χ2v) is 3.82. The van der Waals surface area contributed by atoms with E-state index in [-0.39, 0.29) is 6.61 Å². The van der Waals surface area contributed by atoms with Crippen molar-refractivity contribution in [2.24, 2.45) is 5.73 Å². The molecule has 0 atom stereocenters. The minimum Gasteiger partial charge on any atom is -0.493 e. The molecular weight excluding hydrogens is 244 g/mol. The fraction of sp³-hybridized carbons (Fsp3) is 0.364. The molecule has 1 amide bonds. The van der Waals surface area contributed by atoms with Gasteiger partial charge in [-0.3, -0.25) is 4.79 Å². The van der Waals surface area contributed by atoms with Crippen molar-refractivity contribution < 1.29 is 14.3 Å². The van der Waals surface area contributed by atoms with Gasteiger partial charge in [0.15, 0.2) is 18.1 Å². The molecule has 0 bridgehead atoms. The van der Waals surface area contributed by atoms with E-state index in [4.69, 9.17) is 26.8 Å². The van der Waals surface area contributed by atoms with E-state index in [1.54, 1.807) is 19.2 Å². The third-order valence-electron chi connectivity index (χ3n) is 2.04. The van der Waals surface area contributed by atoms with Gasteiger partial charge in [-0.1, -0.05) is 11.6 Å². The number of rotatable bonds is 6. The zero-order valence-electron chi connectivity index (χ0n) is 9.75. The second-order valence-electron chi connectivity index (χ2n) is 3.38. The Bertz CT molecular complexity index is 410. The van der Waals surface area contributed by atoms with Crippen LogP contribution >= 0.6 is 11.6 Å². The first kappa shape index (κ1) is 13.6. The highest BCUT2D eigenvalue weighted by Crippen LogP contribution is 2.34. The van der Waals surface area contributed by atoms with E-state index in [0.717, 1.165) is 5.56 Å². The number of nitrogens with one attached hydrogen (secondary N) is 1. The van der Waals surface area contributed by atoms with Gasteiger partial charge in [0.25, 0.3) is 5.91 Å². The van der Waals surface area contributed by atoms with E-state index in [9.17, 15) is 4.79 Å². The fourth-order valence-corrected chi connectivity index (χ4v) is 1.63. The Morgan fingerprint density at radius 3 is 2.76 bits per heavy atom. The van der Waals surface area contributed by atoms with Gasteiger partial charge in [0, 0.05) is 23.2 Å². The van der Waals surface area contributed by atoms with Crippen molar-refractivity contribution in [1.82, 2.24) is 5.32 Å². The number of amides is 1. The maximum atomic E-state index is 10.7. The first-order chi connectivity index (χ1) is 8.08. The zero-order valence-corrected chi connectivity index (χ0v) is 10.5. The van der Waals surface area contributed by atoms with Crippen LogP contribution in [0, 0.1) is 0 Å².